The summed E-state index contributed by atoms with van der Waals surface area (Å²) >= 11 is 1.19. The number of alkyl halides is 3. The zero-order valence-electron chi connectivity index (χ0n) is 15.5. The van der Waals surface area contributed by atoms with E-state index in [2.05, 4.69) is 25.6 Å². The highest BCUT2D eigenvalue weighted by Gasteiger charge is 2.31. The summed E-state index contributed by atoms with van der Waals surface area (Å²) in [5.41, 5.74) is 0.369. The van der Waals surface area contributed by atoms with E-state index >= 15 is 0 Å². The maximum absolute atomic E-state index is 12.9. The Morgan fingerprint density at radius 2 is 2.07 bits per heavy atom. The first-order chi connectivity index (χ1) is 13.9. The fourth-order valence-electron chi connectivity index (χ4n) is 2.50. The van der Waals surface area contributed by atoms with Crippen molar-refractivity contribution in [3.63, 3.8) is 0 Å². The van der Waals surface area contributed by atoms with Gasteiger partial charge in [0.2, 0.25) is 0 Å². The van der Waals surface area contributed by atoms with Crippen LogP contribution in [0, 0.1) is 0 Å². The second kappa shape index (κ2) is 9.44. The standard InChI is InChI=1S/C18H20F3N5O2S/c1-2-28-7-3-6-23-16(27)26-17-25-14-5-4-13(24-15(14)29-17)11-8-12(10-22-9-11)18(19,20)21/h4-5,8-10,16,23,27H,2-3,6-7H2,1H3,(H,25,26). The number of halogens is 3. The summed E-state index contributed by atoms with van der Waals surface area (Å²) in [6.45, 7) is 3.73. The van der Waals surface area contributed by atoms with Crippen molar-refractivity contribution in [2.45, 2.75) is 25.9 Å². The van der Waals surface area contributed by atoms with E-state index in [1.807, 2.05) is 6.92 Å². The Kier molecular flexibility index (Phi) is 6.96. The van der Waals surface area contributed by atoms with Gasteiger partial charge in [0, 0.05) is 37.7 Å². The molecule has 7 nitrogen and oxygen atoms in total. The molecule has 29 heavy (non-hydrogen) atoms. The molecule has 3 aromatic rings. The molecular weight excluding hydrogens is 407 g/mol. The van der Waals surface area contributed by atoms with Gasteiger partial charge in [-0.15, -0.1) is 0 Å². The Hall–Kier alpha value is -2.34. The van der Waals surface area contributed by atoms with Crippen LogP contribution in [0.1, 0.15) is 18.9 Å². The summed E-state index contributed by atoms with van der Waals surface area (Å²) in [6, 6.07) is 4.27. The van der Waals surface area contributed by atoms with Crippen molar-refractivity contribution in [3.8, 4) is 11.3 Å². The van der Waals surface area contributed by atoms with Crippen molar-refractivity contribution in [1.82, 2.24) is 20.3 Å². The highest BCUT2D eigenvalue weighted by atomic mass is 32.1. The molecule has 0 aliphatic carbocycles. The van der Waals surface area contributed by atoms with Crippen LogP contribution in [0.15, 0.2) is 30.6 Å². The summed E-state index contributed by atoms with van der Waals surface area (Å²) in [4.78, 5) is 12.9. The zero-order chi connectivity index (χ0) is 20.9. The number of nitrogens with one attached hydrogen (secondary N) is 2. The third-order valence-electron chi connectivity index (χ3n) is 3.88. The zero-order valence-corrected chi connectivity index (χ0v) is 16.3. The molecule has 0 bridgehead atoms. The molecule has 0 fully saturated rings. The van der Waals surface area contributed by atoms with Gasteiger partial charge in [-0.2, -0.15) is 13.2 Å². The molecule has 3 N–H and O–H groups in total. The molecular formula is C18H20F3N5O2S. The van der Waals surface area contributed by atoms with Crippen LogP contribution in [0.4, 0.5) is 18.3 Å². The van der Waals surface area contributed by atoms with E-state index in [1.54, 1.807) is 12.1 Å². The number of hydrogen-bond donors (Lipinski definition) is 3. The van der Waals surface area contributed by atoms with Crippen LogP contribution in [0.5, 0.6) is 0 Å². The molecule has 156 valence electrons. The van der Waals surface area contributed by atoms with E-state index in [9.17, 15) is 18.3 Å². The molecule has 0 radical (unpaired) electrons. The molecule has 1 atom stereocenters. The molecule has 1 unspecified atom stereocenters. The number of fused-ring (bicyclic) bond motifs is 1. The number of thiazole rings is 1. The minimum absolute atomic E-state index is 0.264. The molecule has 0 amide bonds. The number of nitrogens with zero attached hydrogens (tertiary/aromatic N) is 3. The molecule has 11 heteroatoms. The Labute approximate surface area is 169 Å². The molecule has 0 aliphatic rings. The van der Waals surface area contributed by atoms with Gasteiger partial charge in [0.05, 0.1) is 11.3 Å². The normalized spacial score (nSPS) is 13.0. The molecule has 3 heterocycles. The molecule has 0 aliphatic heterocycles. The van der Waals surface area contributed by atoms with Gasteiger partial charge in [0.25, 0.3) is 0 Å². The van der Waals surface area contributed by atoms with Crippen molar-refractivity contribution >= 4 is 26.8 Å². The van der Waals surface area contributed by atoms with Gasteiger partial charge in [-0.1, -0.05) is 11.3 Å². The van der Waals surface area contributed by atoms with E-state index < -0.39 is 18.1 Å². The van der Waals surface area contributed by atoms with Crippen molar-refractivity contribution in [1.29, 1.82) is 0 Å². The second-order valence-electron chi connectivity index (χ2n) is 6.05. The second-order valence-corrected chi connectivity index (χ2v) is 7.03. The number of pyridine rings is 2. The van der Waals surface area contributed by atoms with E-state index in [0.29, 0.717) is 40.9 Å². The Bertz CT molecular complexity index is 951. The van der Waals surface area contributed by atoms with Gasteiger partial charge in [0.1, 0.15) is 10.3 Å². The van der Waals surface area contributed by atoms with Crippen molar-refractivity contribution in [3.05, 3.63) is 36.2 Å². The largest absolute Gasteiger partial charge is 0.417 e. The van der Waals surface area contributed by atoms with Crippen LogP contribution < -0.4 is 10.6 Å². The molecule has 3 rings (SSSR count). The third kappa shape index (κ3) is 5.82. The number of anilines is 1. The van der Waals surface area contributed by atoms with Gasteiger partial charge in [-0.25, -0.2) is 9.97 Å². The number of rotatable bonds is 9. The molecule has 0 saturated heterocycles. The smallest absolute Gasteiger partial charge is 0.382 e. The Morgan fingerprint density at radius 1 is 1.24 bits per heavy atom. The van der Waals surface area contributed by atoms with E-state index in [1.165, 1.54) is 17.5 Å². The fourth-order valence-corrected chi connectivity index (χ4v) is 3.36. The van der Waals surface area contributed by atoms with E-state index in [4.69, 9.17) is 4.74 Å². The quantitative estimate of drug-likeness (QED) is 0.356. The predicted molar refractivity (Wildman–Crippen MR) is 104 cm³/mol. The van der Waals surface area contributed by atoms with E-state index in [0.717, 1.165) is 18.7 Å². The predicted octanol–water partition coefficient (Wildman–Crippen LogP) is 3.48. The molecule has 0 saturated carbocycles. The summed E-state index contributed by atoms with van der Waals surface area (Å²) in [5, 5.41) is 16.1. The summed E-state index contributed by atoms with van der Waals surface area (Å²) in [6.07, 6.45) is -2.61. The molecule has 3 aromatic heterocycles. The van der Waals surface area contributed by atoms with Gasteiger partial charge < -0.3 is 15.2 Å². The van der Waals surface area contributed by atoms with Crippen LogP contribution in [-0.2, 0) is 10.9 Å². The highest BCUT2D eigenvalue weighted by molar-refractivity contribution is 7.21. The lowest BCUT2D eigenvalue weighted by molar-refractivity contribution is -0.137. The summed E-state index contributed by atoms with van der Waals surface area (Å²) in [7, 11) is 0. The summed E-state index contributed by atoms with van der Waals surface area (Å²) in [5.74, 6) is 0. The first kappa shape index (κ1) is 21.4. The van der Waals surface area contributed by atoms with Crippen LogP contribution in [0.3, 0.4) is 0 Å². The van der Waals surface area contributed by atoms with Gasteiger partial charge in [0.15, 0.2) is 11.5 Å². The number of hydrogen-bond acceptors (Lipinski definition) is 8. The third-order valence-corrected chi connectivity index (χ3v) is 4.78. The Balaban J connectivity index is 1.69. The van der Waals surface area contributed by atoms with Crippen LogP contribution >= 0.6 is 11.3 Å². The number of aliphatic hydroxyl groups excluding tert-OH is 1. The average molecular weight is 427 g/mol. The van der Waals surface area contributed by atoms with Crippen LogP contribution in [0.2, 0.25) is 0 Å². The SMILES string of the molecule is CCOCCCNC(O)Nc1nc2ccc(-c3cncc(C(F)(F)F)c3)nc2s1. The molecule has 0 spiro atoms. The number of ether oxygens (including phenoxy) is 1. The van der Waals surface area contributed by atoms with Crippen molar-refractivity contribution < 1.29 is 23.0 Å². The summed E-state index contributed by atoms with van der Waals surface area (Å²) < 4.78 is 43.9. The average Bonchev–Trinajstić information content (AvgIpc) is 3.08. The van der Waals surface area contributed by atoms with Crippen molar-refractivity contribution in [2.75, 3.05) is 25.1 Å². The maximum Gasteiger partial charge on any atom is 0.417 e. The lowest BCUT2D eigenvalue weighted by atomic mass is 10.1. The monoisotopic (exact) mass is 427 g/mol. The first-order valence-corrected chi connectivity index (χ1v) is 9.74. The van der Waals surface area contributed by atoms with E-state index in [-0.39, 0.29) is 5.56 Å². The fraction of sp³-hybridized carbons (Fsp3) is 0.389. The van der Waals surface area contributed by atoms with Crippen LogP contribution in [-0.4, -0.2) is 46.2 Å². The van der Waals surface area contributed by atoms with Crippen molar-refractivity contribution in [2.24, 2.45) is 0 Å². The van der Waals surface area contributed by atoms with Gasteiger partial charge in [-0.05, 0) is 31.5 Å². The van der Waals surface area contributed by atoms with Crippen LogP contribution in [0.25, 0.3) is 21.6 Å². The lowest BCUT2D eigenvalue weighted by Crippen LogP contribution is -2.36. The minimum Gasteiger partial charge on any atom is -0.382 e. The van der Waals surface area contributed by atoms with Gasteiger partial charge >= 0.3 is 6.18 Å². The number of aromatic nitrogens is 3. The first-order valence-electron chi connectivity index (χ1n) is 8.92. The maximum atomic E-state index is 12.9. The highest BCUT2D eigenvalue weighted by Crippen LogP contribution is 2.32. The topological polar surface area (TPSA) is 92.2 Å². The Morgan fingerprint density at radius 3 is 2.83 bits per heavy atom. The lowest BCUT2D eigenvalue weighted by Gasteiger charge is -2.13. The minimum atomic E-state index is -4.47. The van der Waals surface area contributed by atoms with Gasteiger partial charge in [-0.3, -0.25) is 10.3 Å². The number of aliphatic hydroxyl groups is 1. The molecule has 0 aromatic carbocycles.